The monoisotopic (exact) mass is 312 g/mol. The van der Waals surface area contributed by atoms with E-state index in [2.05, 4.69) is 31.0 Å². The summed E-state index contributed by atoms with van der Waals surface area (Å²) in [6.07, 6.45) is 1.50. The summed E-state index contributed by atoms with van der Waals surface area (Å²) < 4.78 is 5.59. The number of aromatic nitrogens is 1. The van der Waals surface area contributed by atoms with Crippen LogP contribution in [0.2, 0.25) is 0 Å². The summed E-state index contributed by atoms with van der Waals surface area (Å²) in [5.74, 6) is -0.371. The van der Waals surface area contributed by atoms with Gasteiger partial charge in [-0.25, -0.2) is 9.78 Å². The molecule has 0 aliphatic rings. The molecule has 4 nitrogen and oxygen atoms in total. The topological polar surface area (TPSA) is 51.2 Å². The number of hydrogen-bond acceptors (Lipinski definition) is 5. The maximum atomic E-state index is 11.2. The molecule has 88 valence electrons. The van der Waals surface area contributed by atoms with Crippen LogP contribution in [-0.4, -0.2) is 18.1 Å². The molecule has 17 heavy (non-hydrogen) atoms. The summed E-state index contributed by atoms with van der Waals surface area (Å²) in [6.45, 7) is 0. The number of esters is 1. The SMILES string of the molecule is COC(=O)c1cnc(Nc2cccc(Br)c2)s1. The van der Waals surface area contributed by atoms with E-state index in [1.54, 1.807) is 0 Å². The van der Waals surface area contributed by atoms with Gasteiger partial charge in [0.1, 0.15) is 4.88 Å². The minimum atomic E-state index is -0.371. The third-order valence-corrected chi connectivity index (χ3v) is 3.35. The number of benzene rings is 1. The molecule has 0 saturated carbocycles. The van der Waals surface area contributed by atoms with E-state index in [0.29, 0.717) is 10.0 Å². The quantitative estimate of drug-likeness (QED) is 0.882. The first-order valence-corrected chi connectivity index (χ1v) is 6.37. The highest BCUT2D eigenvalue weighted by atomic mass is 79.9. The van der Waals surface area contributed by atoms with E-state index in [4.69, 9.17) is 0 Å². The van der Waals surface area contributed by atoms with E-state index in [-0.39, 0.29) is 5.97 Å². The summed E-state index contributed by atoms with van der Waals surface area (Å²) in [5, 5.41) is 3.77. The predicted octanol–water partition coefficient (Wildman–Crippen LogP) is 3.44. The van der Waals surface area contributed by atoms with Crippen molar-refractivity contribution in [2.75, 3.05) is 12.4 Å². The van der Waals surface area contributed by atoms with Gasteiger partial charge in [0.25, 0.3) is 0 Å². The van der Waals surface area contributed by atoms with Gasteiger partial charge in [-0.15, -0.1) is 0 Å². The molecule has 6 heteroatoms. The number of hydrogen-bond donors (Lipinski definition) is 1. The number of thiazole rings is 1. The fourth-order valence-electron chi connectivity index (χ4n) is 1.22. The molecule has 0 fully saturated rings. The van der Waals surface area contributed by atoms with Gasteiger partial charge in [0.15, 0.2) is 5.13 Å². The third kappa shape index (κ3) is 3.04. The molecule has 0 bridgehead atoms. The highest BCUT2D eigenvalue weighted by molar-refractivity contribution is 9.10. The smallest absolute Gasteiger partial charge is 0.349 e. The second kappa shape index (κ2) is 5.29. The summed E-state index contributed by atoms with van der Waals surface area (Å²) in [6, 6.07) is 7.71. The first kappa shape index (κ1) is 12.1. The van der Waals surface area contributed by atoms with E-state index in [9.17, 15) is 4.79 Å². The molecule has 0 radical (unpaired) electrons. The van der Waals surface area contributed by atoms with E-state index < -0.39 is 0 Å². The van der Waals surface area contributed by atoms with Gasteiger partial charge >= 0.3 is 5.97 Å². The Morgan fingerprint density at radius 3 is 3.06 bits per heavy atom. The lowest BCUT2D eigenvalue weighted by Gasteiger charge is -2.01. The van der Waals surface area contributed by atoms with E-state index in [1.807, 2.05) is 24.3 Å². The van der Waals surface area contributed by atoms with Gasteiger partial charge in [-0.1, -0.05) is 33.3 Å². The minimum Gasteiger partial charge on any atom is -0.465 e. The van der Waals surface area contributed by atoms with Crippen LogP contribution in [0.4, 0.5) is 10.8 Å². The van der Waals surface area contributed by atoms with Gasteiger partial charge in [0.2, 0.25) is 0 Å². The van der Waals surface area contributed by atoms with Crippen molar-refractivity contribution in [2.45, 2.75) is 0 Å². The van der Waals surface area contributed by atoms with Gasteiger partial charge in [-0.3, -0.25) is 0 Å². The summed E-state index contributed by atoms with van der Waals surface area (Å²) in [4.78, 5) is 15.8. The lowest BCUT2D eigenvalue weighted by Crippen LogP contribution is -1.96. The van der Waals surface area contributed by atoms with Crippen LogP contribution < -0.4 is 5.32 Å². The molecule has 0 unspecified atom stereocenters. The molecule has 0 atom stereocenters. The standard InChI is InChI=1S/C11H9BrN2O2S/c1-16-10(15)9-6-13-11(17-9)14-8-4-2-3-7(12)5-8/h2-6H,1H3,(H,13,14). The zero-order valence-corrected chi connectivity index (χ0v) is 11.3. The zero-order chi connectivity index (χ0) is 12.3. The first-order chi connectivity index (χ1) is 8.19. The Kier molecular flexibility index (Phi) is 3.75. The Balaban J connectivity index is 2.14. The molecule has 0 saturated heterocycles. The predicted molar refractivity (Wildman–Crippen MR) is 70.9 cm³/mol. The minimum absolute atomic E-state index is 0.371. The van der Waals surface area contributed by atoms with Crippen LogP contribution in [0.5, 0.6) is 0 Å². The average Bonchev–Trinajstić information content (AvgIpc) is 2.76. The number of carbonyl (C=O) groups is 1. The average molecular weight is 313 g/mol. The largest absolute Gasteiger partial charge is 0.465 e. The maximum absolute atomic E-state index is 11.2. The fourth-order valence-corrected chi connectivity index (χ4v) is 2.37. The molecular weight excluding hydrogens is 304 g/mol. The Morgan fingerprint density at radius 2 is 2.35 bits per heavy atom. The molecule has 0 spiro atoms. The van der Waals surface area contributed by atoms with Crippen LogP contribution in [0, 0.1) is 0 Å². The van der Waals surface area contributed by atoms with Crippen LogP contribution in [-0.2, 0) is 4.74 Å². The Hall–Kier alpha value is -1.40. The molecule has 0 aliphatic carbocycles. The number of nitrogens with zero attached hydrogens (tertiary/aromatic N) is 1. The lowest BCUT2D eigenvalue weighted by atomic mass is 10.3. The summed E-state index contributed by atoms with van der Waals surface area (Å²) in [5.41, 5.74) is 0.908. The van der Waals surface area contributed by atoms with Crippen LogP contribution in [0.3, 0.4) is 0 Å². The van der Waals surface area contributed by atoms with Crippen LogP contribution >= 0.6 is 27.3 Å². The van der Waals surface area contributed by atoms with Gasteiger partial charge in [-0.2, -0.15) is 0 Å². The number of anilines is 2. The Bertz CT molecular complexity index is 542. The number of carbonyl (C=O) groups excluding carboxylic acids is 1. The molecule has 0 aliphatic heterocycles. The molecule has 2 rings (SSSR count). The molecule has 0 amide bonds. The van der Waals surface area contributed by atoms with Gasteiger partial charge < -0.3 is 10.1 Å². The van der Waals surface area contributed by atoms with Crippen molar-refractivity contribution in [1.29, 1.82) is 0 Å². The second-order valence-electron chi connectivity index (χ2n) is 3.16. The van der Waals surface area contributed by atoms with Crippen molar-refractivity contribution in [2.24, 2.45) is 0 Å². The fraction of sp³-hybridized carbons (Fsp3) is 0.0909. The van der Waals surface area contributed by atoms with Crippen LogP contribution in [0.25, 0.3) is 0 Å². The number of halogens is 1. The van der Waals surface area contributed by atoms with E-state index in [1.165, 1.54) is 24.6 Å². The van der Waals surface area contributed by atoms with Crippen molar-refractivity contribution in [3.63, 3.8) is 0 Å². The third-order valence-electron chi connectivity index (χ3n) is 1.97. The number of nitrogens with one attached hydrogen (secondary N) is 1. The van der Waals surface area contributed by atoms with Crippen molar-refractivity contribution >= 4 is 44.1 Å². The summed E-state index contributed by atoms with van der Waals surface area (Å²) in [7, 11) is 1.35. The normalized spacial score (nSPS) is 10.0. The van der Waals surface area contributed by atoms with Crippen LogP contribution in [0.1, 0.15) is 9.67 Å². The van der Waals surface area contributed by atoms with Gasteiger partial charge in [0, 0.05) is 10.2 Å². The summed E-state index contributed by atoms with van der Waals surface area (Å²) >= 11 is 4.64. The van der Waals surface area contributed by atoms with Crippen molar-refractivity contribution in [3.8, 4) is 0 Å². The van der Waals surface area contributed by atoms with E-state index in [0.717, 1.165) is 10.2 Å². The van der Waals surface area contributed by atoms with Crippen molar-refractivity contribution < 1.29 is 9.53 Å². The van der Waals surface area contributed by atoms with Gasteiger partial charge in [-0.05, 0) is 18.2 Å². The van der Waals surface area contributed by atoms with Crippen molar-refractivity contribution in [3.05, 3.63) is 39.8 Å². The lowest BCUT2D eigenvalue weighted by molar-refractivity contribution is 0.0606. The first-order valence-electron chi connectivity index (χ1n) is 4.76. The molecule has 2 aromatic rings. The van der Waals surface area contributed by atoms with Crippen LogP contribution in [0.15, 0.2) is 34.9 Å². The molecular formula is C11H9BrN2O2S. The Labute approximate surface area is 111 Å². The highest BCUT2D eigenvalue weighted by Crippen LogP contribution is 2.24. The van der Waals surface area contributed by atoms with E-state index >= 15 is 0 Å². The number of rotatable bonds is 3. The molecule has 1 heterocycles. The number of ether oxygens (including phenoxy) is 1. The van der Waals surface area contributed by atoms with Gasteiger partial charge in [0.05, 0.1) is 13.3 Å². The molecule has 1 N–H and O–H groups in total. The Morgan fingerprint density at radius 1 is 1.53 bits per heavy atom. The maximum Gasteiger partial charge on any atom is 0.349 e. The number of methoxy groups -OCH3 is 1. The molecule has 1 aromatic carbocycles. The second-order valence-corrected chi connectivity index (χ2v) is 5.10. The molecule has 1 aromatic heterocycles. The highest BCUT2D eigenvalue weighted by Gasteiger charge is 2.10. The van der Waals surface area contributed by atoms with Crippen molar-refractivity contribution in [1.82, 2.24) is 4.98 Å². The zero-order valence-electron chi connectivity index (χ0n) is 8.94.